The van der Waals surface area contributed by atoms with Gasteiger partial charge in [0, 0.05) is 5.56 Å². The van der Waals surface area contributed by atoms with E-state index in [1.54, 1.807) is 6.07 Å². The van der Waals surface area contributed by atoms with Crippen LogP contribution in [0.4, 0.5) is 8.78 Å². The molecule has 0 aliphatic heterocycles. The van der Waals surface area contributed by atoms with Gasteiger partial charge in [0.05, 0.1) is 0 Å². The molecule has 0 amide bonds. The number of para-hydroxylation sites is 1. The molecule has 0 atom stereocenters. The van der Waals surface area contributed by atoms with E-state index in [9.17, 15) is 17.2 Å². The largest absolute Gasteiger partial charge is 0.483 e. The summed E-state index contributed by atoms with van der Waals surface area (Å²) in [6.45, 7) is 3.39. The van der Waals surface area contributed by atoms with Gasteiger partial charge in [-0.3, -0.25) is 0 Å². The first-order valence-corrected chi connectivity index (χ1v) is 7.60. The Balaban J connectivity index is 3.49. The van der Waals surface area contributed by atoms with Gasteiger partial charge >= 0.3 is 0 Å². The lowest BCUT2D eigenvalue weighted by Gasteiger charge is -2.26. The van der Waals surface area contributed by atoms with Gasteiger partial charge in [-0.15, -0.1) is 0 Å². The number of ether oxygens (including phenoxy) is 1. The van der Waals surface area contributed by atoms with Gasteiger partial charge in [-0.2, -0.15) is 0 Å². The van der Waals surface area contributed by atoms with Crippen LogP contribution in [0.3, 0.4) is 0 Å². The summed E-state index contributed by atoms with van der Waals surface area (Å²) in [6.07, 6.45) is -1.35. The molecule has 0 saturated heterocycles. The highest BCUT2D eigenvalue weighted by Crippen LogP contribution is 2.36. The van der Waals surface area contributed by atoms with Crippen molar-refractivity contribution in [2.24, 2.45) is 5.14 Å². The van der Waals surface area contributed by atoms with Gasteiger partial charge in [-0.05, 0) is 11.5 Å². The SMILES string of the molecule is CC(C)(C)c1cccc(S(N)(=O)=O)c1OC(CF)CF. The average Bonchev–Trinajstić information content (AvgIpc) is 2.33. The summed E-state index contributed by atoms with van der Waals surface area (Å²) in [5, 5.41) is 5.13. The van der Waals surface area contributed by atoms with Crippen molar-refractivity contribution in [1.29, 1.82) is 0 Å². The van der Waals surface area contributed by atoms with Crippen LogP contribution in [0.2, 0.25) is 0 Å². The molecule has 0 heterocycles. The predicted octanol–water partition coefficient (Wildman–Crippen LogP) is 2.32. The fourth-order valence-corrected chi connectivity index (χ4v) is 2.41. The number of sulfonamides is 1. The van der Waals surface area contributed by atoms with Crippen molar-refractivity contribution in [1.82, 2.24) is 0 Å². The molecule has 0 fully saturated rings. The van der Waals surface area contributed by atoms with Gasteiger partial charge in [-0.25, -0.2) is 22.3 Å². The van der Waals surface area contributed by atoms with E-state index in [1.165, 1.54) is 12.1 Å². The van der Waals surface area contributed by atoms with Crippen molar-refractivity contribution < 1.29 is 21.9 Å². The van der Waals surface area contributed by atoms with E-state index >= 15 is 0 Å². The molecule has 0 aliphatic rings. The van der Waals surface area contributed by atoms with E-state index in [0.29, 0.717) is 5.56 Å². The molecule has 20 heavy (non-hydrogen) atoms. The summed E-state index contributed by atoms with van der Waals surface area (Å²) in [7, 11) is -4.05. The molecular weight excluding hydrogens is 288 g/mol. The maximum atomic E-state index is 12.7. The van der Waals surface area contributed by atoms with Gasteiger partial charge in [-0.1, -0.05) is 32.9 Å². The van der Waals surface area contributed by atoms with Crippen LogP contribution in [0.15, 0.2) is 23.1 Å². The average molecular weight is 307 g/mol. The quantitative estimate of drug-likeness (QED) is 0.907. The van der Waals surface area contributed by atoms with Gasteiger partial charge in [0.1, 0.15) is 24.0 Å². The Morgan fingerprint density at radius 1 is 1.25 bits per heavy atom. The second-order valence-corrected chi connectivity index (χ2v) is 7.01. The highest BCUT2D eigenvalue weighted by Gasteiger charge is 2.27. The second-order valence-electron chi connectivity index (χ2n) is 5.48. The molecule has 1 aromatic carbocycles. The van der Waals surface area contributed by atoms with Gasteiger partial charge in [0.2, 0.25) is 10.0 Å². The van der Waals surface area contributed by atoms with Crippen molar-refractivity contribution >= 4 is 10.0 Å². The maximum Gasteiger partial charge on any atom is 0.241 e. The van der Waals surface area contributed by atoms with E-state index in [4.69, 9.17) is 9.88 Å². The third-order valence-electron chi connectivity index (χ3n) is 2.72. The predicted molar refractivity (Wildman–Crippen MR) is 72.9 cm³/mol. The summed E-state index contributed by atoms with van der Waals surface area (Å²) in [4.78, 5) is -0.267. The zero-order chi connectivity index (χ0) is 15.6. The lowest BCUT2D eigenvalue weighted by Crippen LogP contribution is -2.26. The molecule has 1 rings (SSSR count). The Bertz CT molecular complexity index is 563. The molecule has 7 heteroatoms. The van der Waals surface area contributed by atoms with E-state index < -0.39 is 34.9 Å². The molecule has 0 aromatic heterocycles. The molecule has 2 N–H and O–H groups in total. The molecule has 0 aliphatic carbocycles. The van der Waals surface area contributed by atoms with Gasteiger partial charge in [0.15, 0.2) is 6.10 Å². The Hall–Kier alpha value is -1.21. The number of alkyl halides is 2. The van der Waals surface area contributed by atoms with Crippen molar-refractivity contribution in [3.05, 3.63) is 23.8 Å². The number of rotatable bonds is 5. The second kappa shape index (κ2) is 6.05. The number of benzene rings is 1. The van der Waals surface area contributed by atoms with Crippen LogP contribution in [0.1, 0.15) is 26.3 Å². The lowest BCUT2D eigenvalue weighted by molar-refractivity contribution is 0.127. The first kappa shape index (κ1) is 16.8. The van der Waals surface area contributed by atoms with Crippen LogP contribution in [0, 0.1) is 0 Å². The standard InChI is InChI=1S/C13H19F2NO3S/c1-13(2,3)10-5-4-6-11(20(16,17)18)12(10)19-9(7-14)8-15/h4-6,9H,7-8H2,1-3H3,(H2,16,17,18). The minimum absolute atomic E-state index is 0.0807. The van der Waals surface area contributed by atoms with E-state index in [1.807, 2.05) is 20.8 Å². The van der Waals surface area contributed by atoms with Crippen molar-refractivity contribution in [2.45, 2.75) is 37.2 Å². The van der Waals surface area contributed by atoms with Crippen LogP contribution in [0.5, 0.6) is 5.75 Å². The molecule has 0 bridgehead atoms. The Labute approximate surface area is 118 Å². The molecule has 0 radical (unpaired) electrons. The minimum Gasteiger partial charge on any atom is -0.483 e. The molecular formula is C13H19F2NO3S. The number of nitrogens with two attached hydrogens (primary N) is 1. The third-order valence-corrected chi connectivity index (χ3v) is 3.66. The zero-order valence-corrected chi connectivity index (χ0v) is 12.5. The highest BCUT2D eigenvalue weighted by molar-refractivity contribution is 7.89. The Kier molecular flexibility index (Phi) is 5.10. The molecule has 114 valence electrons. The number of primary sulfonamides is 1. The summed E-state index contributed by atoms with van der Waals surface area (Å²) < 4.78 is 53.7. The van der Waals surface area contributed by atoms with E-state index in [-0.39, 0.29) is 10.6 Å². The smallest absolute Gasteiger partial charge is 0.241 e. The monoisotopic (exact) mass is 307 g/mol. The third kappa shape index (κ3) is 3.89. The van der Waals surface area contributed by atoms with Crippen molar-refractivity contribution in [2.75, 3.05) is 13.3 Å². The molecule has 1 aromatic rings. The van der Waals surface area contributed by atoms with Gasteiger partial charge in [0.25, 0.3) is 0 Å². The van der Waals surface area contributed by atoms with Crippen molar-refractivity contribution in [3.8, 4) is 5.75 Å². The summed E-state index contributed by atoms with van der Waals surface area (Å²) in [6, 6.07) is 4.43. The van der Waals surface area contributed by atoms with Crippen LogP contribution in [-0.4, -0.2) is 27.9 Å². The van der Waals surface area contributed by atoms with E-state index in [2.05, 4.69) is 0 Å². The topological polar surface area (TPSA) is 69.4 Å². The van der Waals surface area contributed by atoms with E-state index in [0.717, 1.165) is 0 Å². The normalized spacial score (nSPS) is 12.8. The number of hydrogen-bond acceptors (Lipinski definition) is 3. The number of halogens is 2. The molecule has 0 spiro atoms. The summed E-state index contributed by atoms with van der Waals surface area (Å²) in [5.41, 5.74) is 0.0589. The fourth-order valence-electron chi connectivity index (χ4n) is 1.72. The molecule has 0 unspecified atom stereocenters. The molecule has 0 saturated carbocycles. The van der Waals surface area contributed by atoms with Crippen molar-refractivity contribution in [3.63, 3.8) is 0 Å². The first-order chi connectivity index (χ1) is 9.11. The Morgan fingerprint density at radius 3 is 2.20 bits per heavy atom. The summed E-state index contributed by atoms with van der Waals surface area (Å²) >= 11 is 0. The fraction of sp³-hybridized carbons (Fsp3) is 0.538. The first-order valence-electron chi connectivity index (χ1n) is 6.06. The minimum atomic E-state index is -4.05. The summed E-state index contributed by atoms with van der Waals surface area (Å²) in [5.74, 6) is -0.0807. The Morgan fingerprint density at radius 2 is 1.80 bits per heavy atom. The van der Waals surface area contributed by atoms with Gasteiger partial charge < -0.3 is 4.74 Å². The van der Waals surface area contributed by atoms with Crippen LogP contribution >= 0.6 is 0 Å². The molecule has 4 nitrogen and oxygen atoms in total. The highest BCUT2D eigenvalue weighted by atomic mass is 32.2. The van der Waals surface area contributed by atoms with Crippen LogP contribution in [-0.2, 0) is 15.4 Å². The lowest BCUT2D eigenvalue weighted by atomic mass is 9.86. The van der Waals surface area contributed by atoms with Crippen LogP contribution in [0.25, 0.3) is 0 Å². The zero-order valence-electron chi connectivity index (χ0n) is 11.7. The van der Waals surface area contributed by atoms with Crippen LogP contribution < -0.4 is 9.88 Å². The number of hydrogen-bond donors (Lipinski definition) is 1. The maximum absolute atomic E-state index is 12.7.